The van der Waals surface area contributed by atoms with E-state index >= 15 is 0 Å². The standard InChI is InChI=1S/C25H34N4O5/c26-22(24(32)28-14-4-5-15-28)18-8-10-19(11-9-18)27-23(31)20-12-13-21(30)29(20)25(33)34-16-17-6-2-1-3-7-17/h1-3,6-7,18-20,22H,4-5,8-16,26H2,(H,27,31)/t18?,19?,20-,22+/m1/s1. The third kappa shape index (κ3) is 5.58. The molecule has 9 heteroatoms. The Hall–Kier alpha value is -2.94. The van der Waals surface area contributed by atoms with Gasteiger partial charge in [-0.25, -0.2) is 9.69 Å². The number of imide groups is 1. The number of amides is 4. The molecular weight excluding hydrogens is 436 g/mol. The van der Waals surface area contributed by atoms with Gasteiger partial charge in [0.1, 0.15) is 12.6 Å². The third-order valence-corrected chi connectivity index (χ3v) is 7.25. The first-order valence-corrected chi connectivity index (χ1v) is 12.3. The molecule has 0 radical (unpaired) electrons. The molecule has 0 spiro atoms. The van der Waals surface area contributed by atoms with E-state index in [1.807, 2.05) is 35.2 Å². The van der Waals surface area contributed by atoms with E-state index in [4.69, 9.17) is 10.5 Å². The first-order valence-electron chi connectivity index (χ1n) is 12.3. The SMILES string of the molecule is N[C@H](C(=O)N1CCCC1)C1CCC(NC(=O)[C@H]2CCC(=O)N2C(=O)OCc2ccccc2)CC1. The predicted octanol–water partition coefficient (Wildman–Crippen LogP) is 1.94. The van der Waals surface area contributed by atoms with E-state index < -0.39 is 24.1 Å². The van der Waals surface area contributed by atoms with Gasteiger partial charge in [0.2, 0.25) is 17.7 Å². The van der Waals surface area contributed by atoms with Gasteiger partial charge in [0.05, 0.1) is 6.04 Å². The summed E-state index contributed by atoms with van der Waals surface area (Å²) in [7, 11) is 0. The van der Waals surface area contributed by atoms with Gasteiger partial charge >= 0.3 is 6.09 Å². The molecule has 184 valence electrons. The minimum absolute atomic E-state index is 0.0399. The van der Waals surface area contributed by atoms with E-state index in [2.05, 4.69) is 5.32 Å². The van der Waals surface area contributed by atoms with Crippen LogP contribution in [-0.4, -0.2) is 64.8 Å². The van der Waals surface area contributed by atoms with Gasteiger partial charge in [0.25, 0.3) is 0 Å². The Morgan fingerprint density at radius 2 is 1.71 bits per heavy atom. The number of nitrogens with two attached hydrogens (primary N) is 1. The van der Waals surface area contributed by atoms with E-state index in [0.29, 0.717) is 0 Å². The number of nitrogens with zero attached hydrogens (tertiary/aromatic N) is 2. The Morgan fingerprint density at radius 1 is 1.03 bits per heavy atom. The van der Waals surface area contributed by atoms with Crippen molar-refractivity contribution in [3.05, 3.63) is 35.9 Å². The van der Waals surface area contributed by atoms with Gasteiger partial charge in [0.15, 0.2) is 0 Å². The van der Waals surface area contributed by atoms with Crippen molar-refractivity contribution in [1.29, 1.82) is 0 Å². The summed E-state index contributed by atoms with van der Waals surface area (Å²) in [6.45, 7) is 1.63. The Bertz CT molecular complexity index is 894. The van der Waals surface area contributed by atoms with E-state index in [9.17, 15) is 19.2 Å². The van der Waals surface area contributed by atoms with Crippen LogP contribution in [0.5, 0.6) is 0 Å². The van der Waals surface area contributed by atoms with Crippen LogP contribution in [-0.2, 0) is 25.7 Å². The number of carbonyl (C=O) groups excluding carboxylic acids is 4. The molecule has 1 aliphatic carbocycles. The zero-order valence-electron chi connectivity index (χ0n) is 19.5. The van der Waals surface area contributed by atoms with Crippen molar-refractivity contribution < 1.29 is 23.9 Å². The molecule has 4 rings (SSSR count). The van der Waals surface area contributed by atoms with Gasteiger partial charge < -0.3 is 20.7 Å². The summed E-state index contributed by atoms with van der Waals surface area (Å²) in [5.41, 5.74) is 7.09. The van der Waals surface area contributed by atoms with Crippen LogP contribution in [0.3, 0.4) is 0 Å². The quantitative estimate of drug-likeness (QED) is 0.655. The maximum Gasteiger partial charge on any atom is 0.417 e. The number of hydrogen-bond donors (Lipinski definition) is 2. The lowest BCUT2D eigenvalue weighted by Gasteiger charge is -2.34. The van der Waals surface area contributed by atoms with Crippen molar-refractivity contribution >= 4 is 23.8 Å². The summed E-state index contributed by atoms with van der Waals surface area (Å²) >= 11 is 0. The molecule has 2 heterocycles. The summed E-state index contributed by atoms with van der Waals surface area (Å²) in [4.78, 5) is 53.3. The second kappa shape index (κ2) is 11.0. The molecule has 4 amide bonds. The normalized spacial score (nSPS) is 25.8. The molecule has 0 unspecified atom stereocenters. The highest BCUT2D eigenvalue weighted by molar-refractivity contribution is 6.00. The molecule has 1 aromatic rings. The fourth-order valence-electron chi connectivity index (χ4n) is 5.22. The predicted molar refractivity (Wildman–Crippen MR) is 124 cm³/mol. The molecule has 9 nitrogen and oxygen atoms in total. The van der Waals surface area contributed by atoms with Crippen molar-refractivity contribution in [2.24, 2.45) is 11.7 Å². The fraction of sp³-hybridized carbons (Fsp3) is 0.600. The highest BCUT2D eigenvalue weighted by atomic mass is 16.6. The maximum atomic E-state index is 12.9. The van der Waals surface area contributed by atoms with Crippen LogP contribution in [0.4, 0.5) is 4.79 Å². The van der Waals surface area contributed by atoms with Gasteiger partial charge in [-0.15, -0.1) is 0 Å². The zero-order valence-corrected chi connectivity index (χ0v) is 19.5. The number of nitrogens with one attached hydrogen (secondary N) is 1. The Balaban J connectivity index is 1.26. The lowest BCUT2D eigenvalue weighted by Crippen LogP contribution is -2.52. The van der Waals surface area contributed by atoms with Gasteiger partial charge in [-0.05, 0) is 56.4 Å². The number of likely N-dealkylation sites (tertiary alicyclic amines) is 2. The lowest BCUT2D eigenvalue weighted by atomic mass is 9.81. The van der Waals surface area contributed by atoms with E-state index in [-0.39, 0.29) is 43.2 Å². The Kier molecular flexibility index (Phi) is 7.82. The van der Waals surface area contributed by atoms with Crippen LogP contribution < -0.4 is 11.1 Å². The van der Waals surface area contributed by atoms with Crippen molar-refractivity contribution in [3.63, 3.8) is 0 Å². The maximum absolute atomic E-state index is 12.9. The zero-order chi connectivity index (χ0) is 24.1. The summed E-state index contributed by atoms with van der Waals surface area (Å²) in [6.07, 6.45) is 4.68. The first-order chi connectivity index (χ1) is 16.4. The van der Waals surface area contributed by atoms with Gasteiger partial charge in [-0.3, -0.25) is 14.4 Å². The summed E-state index contributed by atoms with van der Waals surface area (Å²) in [6, 6.07) is 7.78. The van der Waals surface area contributed by atoms with Crippen molar-refractivity contribution in [3.8, 4) is 0 Å². The van der Waals surface area contributed by atoms with Crippen molar-refractivity contribution in [1.82, 2.24) is 15.1 Å². The summed E-state index contributed by atoms with van der Waals surface area (Å²) in [5.74, 6) is -0.574. The monoisotopic (exact) mass is 470 g/mol. The van der Waals surface area contributed by atoms with Crippen molar-refractivity contribution in [2.45, 2.75) is 76.1 Å². The van der Waals surface area contributed by atoms with Crippen LogP contribution in [0.2, 0.25) is 0 Å². The van der Waals surface area contributed by atoms with Crippen molar-refractivity contribution in [2.75, 3.05) is 13.1 Å². The minimum atomic E-state index is -0.854. The number of ether oxygens (including phenoxy) is 1. The molecule has 1 saturated carbocycles. The average molecular weight is 471 g/mol. The smallest absolute Gasteiger partial charge is 0.417 e. The molecule has 34 heavy (non-hydrogen) atoms. The molecule has 2 saturated heterocycles. The summed E-state index contributed by atoms with van der Waals surface area (Å²) in [5, 5.41) is 3.01. The minimum Gasteiger partial charge on any atom is -0.444 e. The molecular formula is C25H34N4O5. The topological polar surface area (TPSA) is 122 Å². The van der Waals surface area contributed by atoms with Gasteiger partial charge in [0, 0.05) is 25.6 Å². The fourth-order valence-corrected chi connectivity index (χ4v) is 5.22. The highest BCUT2D eigenvalue weighted by Gasteiger charge is 2.42. The molecule has 3 N–H and O–H groups in total. The second-order valence-electron chi connectivity index (χ2n) is 9.54. The number of carbonyl (C=O) groups is 4. The second-order valence-corrected chi connectivity index (χ2v) is 9.54. The molecule has 3 fully saturated rings. The van der Waals surface area contributed by atoms with E-state index in [0.717, 1.165) is 62.1 Å². The Labute approximate surface area is 200 Å². The average Bonchev–Trinajstić information content (AvgIpc) is 3.53. The first kappa shape index (κ1) is 24.2. The van der Waals surface area contributed by atoms with Gasteiger partial charge in [-0.2, -0.15) is 0 Å². The molecule has 0 bridgehead atoms. The Morgan fingerprint density at radius 3 is 2.38 bits per heavy atom. The highest BCUT2D eigenvalue weighted by Crippen LogP contribution is 2.28. The van der Waals surface area contributed by atoms with Crippen LogP contribution in [0.1, 0.15) is 56.9 Å². The molecule has 1 aromatic carbocycles. The van der Waals surface area contributed by atoms with Crippen LogP contribution >= 0.6 is 0 Å². The van der Waals surface area contributed by atoms with E-state index in [1.54, 1.807) is 0 Å². The molecule has 2 atom stereocenters. The molecule has 0 aromatic heterocycles. The van der Waals surface area contributed by atoms with Crippen LogP contribution in [0.15, 0.2) is 30.3 Å². The van der Waals surface area contributed by atoms with Crippen LogP contribution in [0.25, 0.3) is 0 Å². The van der Waals surface area contributed by atoms with Gasteiger partial charge in [-0.1, -0.05) is 30.3 Å². The largest absolute Gasteiger partial charge is 0.444 e. The third-order valence-electron chi connectivity index (χ3n) is 7.25. The summed E-state index contributed by atoms with van der Waals surface area (Å²) < 4.78 is 5.29. The molecule has 2 aliphatic heterocycles. The van der Waals surface area contributed by atoms with E-state index in [1.165, 1.54) is 0 Å². The lowest BCUT2D eigenvalue weighted by molar-refractivity contribution is -0.134. The number of hydrogen-bond acceptors (Lipinski definition) is 6. The molecule has 3 aliphatic rings. The number of benzene rings is 1. The number of rotatable bonds is 6. The van der Waals surface area contributed by atoms with Crippen LogP contribution in [0, 0.1) is 5.92 Å².